The molecule has 1 saturated heterocycles. The topological polar surface area (TPSA) is 41.0 Å². The lowest BCUT2D eigenvalue weighted by Crippen LogP contribution is -2.23. The normalized spacial score (nSPS) is 18.5. The van der Waals surface area contributed by atoms with Crippen molar-refractivity contribution in [3.8, 4) is 0 Å². The number of likely N-dealkylation sites (tertiary alicyclic amines) is 1. The number of hydrogen-bond donors (Lipinski definition) is 1. The van der Waals surface area contributed by atoms with Gasteiger partial charge in [-0.3, -0.25) is 0 Å². The van der Waals surface area contributed by atoms with Gasteiger partial charge in [-0.15, -0.1) is 22.7 Å². The van der Waals surface area contributed by atoms with Gasteiger partial charge in [-0.1, -0.05) is 6.92 Å². The highest BCUT2D eigenvalue weighted by molar-refractivity contribution is 7.18. The third kappa shape index (κ3) is 3.52. The SMILES string of the molecule is CCN1CCC[C@@H](c2cc3c(Nc4ccc5scnc5c4)ccnc3s2)CC1. The van der Waals surface area contributed by atoms with Crippen molar-refractivity contribution in [1.82, 2.24) is 14.9 Å². The molecule has 1 aromatic carbocycles. The van der Waals surface area contributed by atoms with Gasteiger partial charge in [0.1, 0.15) is 4.83 Å². The summed E-state index contributed by atoms with van der Waals surface area (Å²) in [5, 5.41) is 4.83. The summed E-state index contributed by atoms with van der Waals surface area (Å²) < 4.78 is 1.22. The van der Waals surface area contributed by atoms with Crippen LogP contribution in [-0.4, -0.2) is 34.5 Å². The first kappa shape index (κ1) is 18.0. The first-order valence-electron chi connectivity index (χ1n) is 10.0. The van der Waals surface area contributed by atoms with Crippen molar-refractivity contribution in [3.63, 3.8) is 0 Å². The lowest BCUT2D eigenvalue weighted by Gasteiger charge is -2.17. The molecule has 1 atom stereocenters. The van der Waals surface area contributed by atoms with Crippen molar-refractivity contribution in [2.45, 2.75) is 32.1 Å². The molecular weight excluding hydrogens is 384 g/mol. The minimum absolute atomic E-state index is 0.662. The van der Waals surface area contributed by atoms with Crippen LogP contribution in [0.1, 0.15) is 37.0 Å². The third-order valence-corrected chi connectivity index (χ3v) is 7.75. The zero-order valence-corrected chi connectivity index (χ0v) is 17.7. The predicted molar refractivity (Wildman–Crippen MR) is 121 cm³/mol. The minimum atomic E-state index is 0.662. The van der Waals surface area contributed by atoms with Gasteiger partial charge in [0.05, 0.1) is 21.4 Å². The van der Waals surface area contributed by atoms with Crippen molar-refractivity contribution in [3.05, 3.63) is 46.9 Å². The Morgan fingerprint density at radius 1 is 1.14 bits per heavy atom. The van der Waals surface area contributed by atoms with Crippen LogP contribution in [0.5, 0.6) is 0 Å². The van der Waals surface area contributed by atoms with E-state index < -0.39 is 0 Å². The number of thiophene rings is 1. The fraction of sp³-hybridized carbons (Fsp3) is 0.364. The van der Waals surface area contributed by atoms with Crippen molar-refractivity contribution in [2.75, 3.05) is 25.0 Å². The highest BCUT2D eigenvalue weighted by Gasteiger charge is 2.20. The van der Waals surface area contributed by atoms with Crippen LogP contribution in [0, 0.1) is 0 Å². The fourth-order valence-corrected chi connectivity index (χ4v) is 5.97. The van der Waals surface area contributed by atoms with Crippen molar-refractivity contribution >= 4 is 54.5 Å². The van der Waals surface area contributed by atoms with Crippen molar-refractivity contribution in [1.29, 1.82) is 0 Å². The quantitative estimate of drug-likeness (QED) is 0.434. The van der Waals surface area contributed by atoms with E-state index in [-0.39, 0.29) is 0 Å². The second-order valence-corrected chi connectivity index (χ2v) is 9.40. The van der Waals surface area contributed by atoms with Crippen LogP contribution in [0.25, 0.3) is 20.4 Å². The van der Waals surface area contributed by atoms with Gasteiger partial charge in [-0.05, 0) is 75.1 Å². The molecule has 144 valence electrons. The Bertz CT molecular complexity index is 1100. The first-order valence-corrected chi connectivity index (χ1v) is 11.7. The largest absolute Gasteiger partial charge is 0.355 e. The van der Waals surface area contributed by atoms with E-state index >= 15 is 0 Å². The number of nitrogens with zero attached hydrogens (tertiary/aromatic N) is 3. The summed E-state index contributed by atoms with van der Waals surface area (Å²) in [7, 11) is 0. The van der Waals surface area contributed by atoms with Crippen LogP contribution in [0.2, 0.25) is 0 Å². The summed E-state index contributed by atoms with van der Waals surface area (Å²) in [4.78, 5) is 14.3. The second-order valence-electron chi connectivity index (χ2n) is 7.45. The molecule has 1 aliphatic heterocycles. The molecule has 4 heterocycles. The van der Waals surface area contributed by atoms with Gasteiger partial charge in [0.2, 0.25) is 0 Å². The zero-order valence-electron chi connectivity index (χ0n) is 16.0. The molecule has 0 saturated carbocycles. The standard InChI is InChI=1S/C22H24N4S2/c1-2-26-10-3-4-15(8-11-26)21-13-17-18(7-9-23-22(17)28-21)25-16-5-6-20-19(12-16)24-14-27-20/h5-7,9,12-15H,2-4,8,10-11H2,1H3,(H,23,25)/t15-/m1/s1. The molecule has 0 spiro atoms. The van der Waals surface area contributed by atoms with E-state index in [0.29, 0.717) is 5.92 Å². The van der Waals surface area contributed by atoms with Gasteiger partial charge in [0.15, 0.2) is 0 Å². The van der Waals surface area contributed by atoms with Crippen LogP contribution in [0.3, 0.4) is 0 Å². The van der Waals surface area contributed by atoms with Crippen LogP contribution >= 0.6 is 22.7 Å². The number of rotatable bonds is 4. The minimum Gasteiger partial charge on any atom is -0.355 e. The molecule has 28 heavy (non-hydrogen) atoms. The Labute approximate surface area is 173 Å². The number of benzene rings is 1. The molecule has 0 radical (unpaired) electrons. The first-order chi connectivity index (χ1) is 13.8. The van der Waals surface area contributed by atoms with E-state index in [2.05, 4.69) is 57.4 Å². The van der Waals surface area contributed by atoms with Crippen LogP contribution in [0.15, 0.2) is 42.0 Å². The highest BCUT2D eigenvalue weighted by atomic mass is 32.1. The highest BCUT2D eigenvalue weighted by Crippen LogP contribution is 2.38. The second kappa shape index (κ2) is 7.78. The Morgan fingerprint density at radius 2 is 2.11 bits per heavy atom. The molecular formula is C22H24N4S2. The van der Waals surface area contributed by atoms with Gasteiger partial charge >= 0.3 is 0 Å². The van der Waals surface area contributed by atoms with E-state index in [4.69, 9.17) is 0 Å². The molecule has 0 bridgehead atoms. The summed E-state index contributed by atoms with van der Waals surface area (Å²) in [5.74, 6) is 0.662. The number of thiazole rings is 1. The summed E-state index contributed by atoms with van der Waals surface area (Å²) >= 11 is 3.55. The van der Waals surface area contributed by atoms with Crippen LogP contribution in [0.4, 0.5) is 11.4 Å². The average molecular weight is 409 g/mol. The van der Waals surface area contributed by atoms with E-state index in [1.807, 2.05) is 23.0 Å². The molecule has 0 unspecified atom stereocenters. The summed E-state index contributed by atoms with van der Waals surface area (Å²) in [6.45, 7) is 5.88. The monoisotopic (exact) mass is 408 g/mol. The third-order valence-electron chi connectivity index (χ3n) is 5.73. The molecule has 1 fully saturated rings. The van der Waals surface area contributed by atoms with E-state index in [1.165, 1.54) is 47.3 Å². The van der Waals surface area contributed by atoms with Crippen molar-refractivity contribution < 1.29 is 0 Å². The molecule has 1 aliphatic rings. The fourth-order valence-electron chi connectivity index (χ4n) is 4.12. The molecule has 4 nitrogen and oxygen atoms in total. The maximum absolute atomic E-state index is 4.65. The number of fused-ring (bicyclic) bond motifs is 2. The summed E-state index contributed by atoms with van der Waals surface area (Å²) in [6.07, 6.45) is 5.74. The Hall–Kier alpha value is -2.02. The lowest BCUT2D eigenvalue weighted by molar-refractivity contribution is 0.299. The molecule has 5 rings (SSSR count). The number of hydrogen-bond acceptors (Lipinski definition) is 6. The lowest BCUT2D eigenvalue weighted by atomic mass is 9.98. The molecule has 0 amide bonds. The average Bonchev–Trinajstić information content (AvgIpc) is 3.29. The van der Waals surface area contributed by atoms with Gasteiger partial charge in [-0.25, -0.2) is 9.97 Å². The van der Waals surface area contributed by atoms with Crippen LogP contribution in [-0.2, 0) is 0 Å². The van der Waals surface area contributed by atoms with E-state index in [1.54, 1.807) is 11.3 Å². The number of anilines is 2. The number of pyridine rings is 1. The summed E-state index contributed by atoms with van der Waals surface area (Å²) in [5.41, 5.74) is 5.15. The molecule has 4 aromatic rings. The molecule has 3 aromatic heterocycles. The Kier molecular flexibility index (Phi) is 5.01. The van der Waals surface area contributed by atoms with Gasteiger partial charge in [0.25, 0.3) is 0 Å². The van der Waals surface area contributed by atoms with Crippen LogP contribution < -0.4 is 5.32 Å². The van der Waals surface area contributed by atoms with Gasteiger partial charge in [0, 0.05) is 22.1 Å². The smallest absolute Gasteiger partial charge is 0.125 e. The van der Waals surface area contributed by atoms with Gasteiger partial charge < -0.3 is 10.2 Å². The van der Waals surface area contributed by atoms with E-state index in [9.17, 15) is 0 Å². The van der Waals surface area contributed by atoms with Gasteiger partial charge in [-0.2, -0.15) is 0 Å². The molecule has 1 N–H and O–H groups in total. The summed E-state index contributed by atoms with van der Waals surface area (Å²) in [6, 6.07) is 10.8. The Morgan fingerprint density at radius 3 is 3.04 bits per heavy atom. The predicted octanol–water partition coefficient (Wildman–Crippen LogP) is 6.24. The number of nitrogens with one attached hydrogen (secondary N) is 1. The number of aromatic nitrogens is 2. The maximum Gasteiger partial charge on any atom is 0.125 e. The molecule has 6 heteroatoms. The molecule has 0 aliphatic carbocycles. The van der Waals surface area contributed by atoms with E-state index in [0.717, 1.165) is 28.3 Å². The van der Waals surface area contributed by atoms with Crippen molar-refractivity contribution in [2.24, 2.45) is 0 Å². The Balaban J connectivity index is 1.43. The maximum atomic E-state index is 4.65. The zero-order chi connectivity index (χ0) is 18.9.